The molecule has 0 unspecified atom stereocenters. The highest BCUT2D eigenvalue weighted by Gasteiger charge is 2.31. The predicted molar refractivity (Wildman–Crippen MR) is 144 cm³/mol. The molecule has 4 N–H and O–H groups in total. The largest absolute Gasteiger partial charge is 0.488 e. The molecule has 11 heteroatoms. The first-order chi connectivity index (χ1) is 18.4. The van der Waals surface area contributed by atoms with Crippen LogP contribution in [0.4, 0.5) is 16.2 Å². The van der Waals surface area contributed by atoms with Crippen LogP contribution in [0.2, 0.25) is 5.02 Å². The molecule has 2 atom stereocenters. The third kappa shape index (κ3) is 5.14. The molecule has 2 aliphatic heterocycles. The molecular formula is C27H30ClN5O5. The zero-order chi connectivity index (χ0) is 26.8. The van der Waals surface area contributed by atoms with Crippen LogP contribution in [-0.4, -0.2) is 70.4 Å². The van der Waals surface area contributed by atoms with Crippen LogP contribution in [-0.2, 0) is 17.6 Å². The summed E-state index contributed by atoms with van der Waals surface area (Å²) in [4.78, 5) is 33.6. The lowest BCUT2D eigenvalue weighted by Gasteiger charge is -2.30. The van der Waals surface area contributed by atoms with Crippen molar-refractivity contribution in [3.8, 4) is 17.0 Å². The lowest BCUT2D eigenvalue weighted by molar-refractivity contribution is -0.0411. The first-order valence-electron chi connectivity index (χ1n) is 12.6. The van der Waals surface area contributed by atoms with Gasteiger partial charge in [-0.3, -0.25) is 9.78 Å². The van der Waals surface area contributed by atoms with Gasteiger partial charge >= 0.3 is 6.09 Å². The molecule has 10 nitrogen and oxygen atoms in total. The van der Waals surface area contributed by atoms with Gasteiger partial charge < -0.3 is 35.1 Å². The van der Waals surface area contributed by atoms with E-state index in [1.807, 2.05) is 38.1 Å². The monoisotopic (exact) mass is 539 g/mol. The highest BCUT2D eigenvalue weighted by molar-refractivity contribution is 6.31. The number of H-pyrrole nitrogens is 1. The number of aromatic amines is 1. The van der Waals surface area contributed by atoms with E-state index in [9.17, 15) is 14.7 Å². The second-order valence-corrected chi connectivity index (χ2v) is 9.86. The van der Waals surface area contributed by atoms with Gasteiger partial charge in [0.05, 0.1) is 36.3 Å². The van der Waals surface area contributed by atoms with Crippen LogP contribution >= 0.6 is 11.6 Å². The Hall–Kier alpha value is -3.76. The molecule has 2 amide bonds. The van der Waals surface area contributed by atoms with Crippen LogP contribution < -0.4 is 15.4 Å². The van der Waals surface area contributed by atoms with Crippen molar-refractivity contribution >= 4 is 35.0 Å². The maximum Gasteiger partial charge on any atom is 0.407 e. The van der Waals surface area contributed by atoms with E-state index in [1.54, 1.807) is 12.4 Å². The number of ether oxygens (including phenoxy) is 2. The average Bonchev–Trinajstić information content (AvgIpc) is 3.26. The number of carbonyl (C=O) groups excluding carboxylic acids is 1. The molecule has 3 aromatic rings. The Kier molecular flexibility index (Phi) is 7.44. The molecule has 4 heterocycles. The highest BCUT2D eigenvalue weighted by atomic mass is 35.5. The van der Waals surface area contributed by atoms with Crippen molar-refractivity contribution in [1.29, 1.82) is 0 Å². The van der Waals surface area contributed by atoms with Crippen molar-refractivity contribution < 1.29 is 24.2 Å². The van der Waals surface area contributed by atoms with Crippen LogP contribution in [0.3, 0.4) is 0 Å². The van der Waals surface area contributed by atoms with Gasteiger partial charge in [-0.1, -0.05) is 24.6 Å². The molecule has 0 saturated carbocycles. The zero-order valence-corrected chi connectivity index (χ0v) is 22.0. The predicted octanol–water partition coefficient (Wildman–Crippen LogP) is 4.47. The fraction of sp³-hybridized carbons (Fsp3) is 0.370. The van der Waals surface area contributed by atoms with E-state index in [0.29, 0.717) is 59.3 Å². The minimum absolute atomic E-state index is 0.0134. The number of halogens is 1. The number of aromatic nitrogens is 2. The van der Waals surface area contributed by atoms with Gasteiger partial charge in [0.2, 0.25) is 0 Å². The van der Waals surface area contributed by atoms with Gasteiger partial charge in [-0.25, -0.2) is 4.79 Å². The van der Waals surface area contributed by atoms with Crippen LogP contribution in [0.1, 0.15) is 35.5 Å². The normalized spacial score (nSPS) is 19.0. The Morgan fingerprint density at radius 3 is 3.00 bits per heavy atom. The molecular weight excluding hydrogens is 510 g/mol. The number of hydrogen-bond donors (Lipinski definition) is 4. The number of hydrogen-bond acceptors (Lipinski definition) is 6. The fourth-order valence-corrected chi connectivity index (χ4v) is 5.29. The second-order valence-electron chi connectivity index (χ2n) is 9.46. The minimum atomic E-state index is -0.979. The van der Waals surface area contributed by atoms with Gasteiger partial charge in [0.1, 0.15) is 18.5 Å². The van der Waals surface area contributed by atoms with E-state index in [0.717, 1.165) is 16.9 Å². The minimum Gasteiger partial charge on any atom is -0.488 e. The molecule has 0 bridgehead atoms. The Balaban J connectivity index is 1.52. The number of carboxylic acid groups (broad SMARTS) is 1. The number of nitrogens with zero attached hydrogens (tertiary/aromatic N) is 2. The van der Waals surface area contributed by atoms with Gasteiger partial charge in [0.25, 0.3) is 5.91 Å². The van der Waals surface area contributed by atoms with Gasteiger partial charge in [0, 0.05) is 47.2 Å². The fourth-order valence-electron chi connectivity index (χ4n) is 4.98. The molecule has 2 aliphatic rings. The van der Waals surface area contributed by atoms with Gasteiger partial charge in [-0.05, 0) is 37.1 Å². The van der Waals surface area contributed by atoms with Crippen molar-refractivity contribution in [2.75, 3.05) is 31.6 Å². The maximum absolute atomic E-state index is 13.2. The van der Waals surface area contributed by atoms with E-state index >= 15 is 0 Å². The van der Waals surface area contributed by atoms with E-state index in [-0.39, 0.29) is 25.1 Å². The van der Waals surface area contributed by atoms with Crippen molar-refractivity contribution in [3.05, 3.63) is 58.5 Å². The van der Waals surface area contributed by atoms with Crippen molar-refractivity contribution in [1.82, 2.24) is 20.2 Å². The lowest BCUT2D eigenvalue weighted by atomic mass is 10.0. The first-order valence-corrected chi connectivity index (χ1v) is 13.0. The molecule has 0 aliphatic carbocycles. The van der Waals surface area contributed by atoms with Crippen LogP contribution in [0.15, 0.2) is 36.7 Å². The van der Waals surface area contributed by atoms with Gasteiger partial charge in [-0.15, -0.1) is 0 Å². The van der Waals surface area contributed by atoms with E-state index in [4.69, 9.17) is 21.1 Å². The number of nitrogens with one attached hydrogen (secondary N) is 3. The number of morpholine rings is 1. The number of carbonyl (C=O) groups is 2. The third-order valence-electron chi connectivity index (χ3n) is 6.81. The molecule has 0 spiro atoms. The Morgan fingerprint density at radius 2 is 2.21 bits per heavy atom. The summed E-state index contributed by atoms with van der Waals surface area (Å²) in [6.07, 6.45) is 3.24. The summed E-state index contributed by atoms with van der Waals surface area (Å²) in [7, 11) is 0. The molecule has 38 heavy (non-hydrogen) atoms. The lowest BCUT2D eigenvalue weighted by Crippen LogP contribution is -2.47. The first kappa shape index (κ1) is 25.9. The maximum atomic E-state index is 13.2. The van der Waals surface area contributed by atoms with Crippen molar-refractivity contribution in [2.45, 2.75) is 38.8 Å². The highest BCUT2D eigenvalue weighted by Crippen LogP contribution is 2.41. The van der Waals surface area contributed by atoms with Crippen molar-refractivity contribution in [3.63, 3.8) is 0 Å². The summed E-state index contributed by atoms with van der Waals surface area (Å²) in [5.41, 5.74) is 5.17. The smallest absolute Gasteiger partial charge is 0.407 e. The number of benzene rings is 1. The summed E-state index contributed by atoms with van der Waals surface area (Å²) >= 11 is 6.48. The number of amides is 2. The summed E-state index contributed by atoms with van der Waals surface area (Å²) in [6.45, 7) is 5.01. The Labute approximate surface area is 225 Å². The second kappa shape index (κ2) is 10.9. The third-order valence-corrected chi connectivity index (χ3v) is 7.17. The van der Waals surface area contributed by atoms with Crippen molar-refractivity contribution in [2.24, 2.45) is 0 Å². The summed E-state index contributed by atoms with van der Waals surface area (Å²) in [5.74, 6) is 0.324. The summed E-state index contributed by atoms with van der Waals surface area (Å²) in [5, 5.41) is 16.5. The molecule has 1 fully saturated rings. The molecule has 2 aromatic heterocycles. The molecule has 1 aromatic carbocycles. The topological polar surface area (TPSA) is 129 Å². The Bertz CT molecular complexity index is 1360. The van der Waals surface area contributed by atoms with E-state index < -0.39 is 12.2 Å². The molecule has 5 rings (SSSR count). The molecule has 0 radical (unpaired) electrons. The SMILES string of the molecule is CCc1c(Cl)cccc1Nc1c(-c2ccncc2OC[C@@H]2CN(C(=O)O)CCO2)[nH]c2c1C(=O)N[C@H](C)C2. The Morgan fingerprint density at radius 1 is 1.37 bits per heavy atom. The zero-order valence-electron chi connectivity index (χ0n) is 21.2. The van der Waals surface area contributed by atoms with Crippen LogP contribution in [0.25, 0.3) is 11.3 Å². The van der Waals surface area contributed by atoms with Gasteiger partial charge in [-0.2, -0.15) is 0 Å². The quantitative estimate of drug-likeness (QED) is 0.348. The van der Waals surface area contributed by atoms with E-state index in [1.165, 1.54) is 4.90 Å². The number of pyridine rings is 1. The molecule has 1 saturated heterocycles. The number of anilines is 2. The number of fused-ring (bicyclic) bond motifs is 1. The summed E-state index contributed by atoms with van der Waals surface area (Å²) < 4.78 is 11.9. The average molecular weight is 540 g/mol. The van der Waals surface area contributed by atoms with E-state index in [2.05, 4.69) is 20.6 Å². The summed E-state index contributed by atoms with van der Waals surface area (Å²) in [6, 6.07) is 7.47. The van der Waals surface area contributed by atoms with Crippen LogP contribution in [0, 0.1) is 0 Å². The standard InChI is InChI=1S/C27H30ClN5O5/c1-3-17-19(28)5-4-6-20(17)31-25-23-21(11-15(2)30-26(23)34)32-24(25)18-7-8-29-12-22(18)38-14-16-13-33(27(35)36)9-10-37-16/h4-8,12,15-16,31-32H,3,9-11,13-14H2,1-2H3,(H,30,34)(H,35,36)/t15-,16+/m1/s1. The van der Waals surface area contributed by atoms with Gasteiger partial charge in [0.15, 0.2) is 0 Å². The molecule has 200 valence electrons. The van der Waals surface area contributed by atoms with Crippen LogP contribution in [0.5, 0.6) is 5.75 Å². The number of rotatable bonds is 7.